The number of benzene rings is 1. The van der Waals surface area contributed by atoms with Crippen LogP contribution in [0.2, 0.25) is 0 Å². The highest BCUT2D eigenvalue weighted by molar-refractivity contribution is 5.83. The Morgan fingerprint density at radius 3 is 2.78 bits per heavy atom. The van der Waals surface area contributed by atoms with Crippen LogP contribution in [-0.2, 0) is 4.79 Å². The van der Waals surface area contributed by atoms with Crippen molar-refractivity contribution >= 4 is 5.91 Å². The van der Waals surface area contributed by atoms with Crippen molar-refractivity contribution in [3.8, 4) is 0 Å². The van der Waals surface area contributed by atoms with E-state index in [9.17, 15) is 9.90 Å². The smallest absolute Gasteiger partial charge is 0.244 e. The Morgan fingerprint density at radius 1 is 1.50 bits per heavy atom. The van der Waals surface area contributed by atoms with E-state index in [2.05, 4.69) is 0 Å². The molecule has 4 heteroatoms. The predicted molar refractivity (Wildman–Crippen MR) is 69.9 cm³/mol. The minimum Gasteiger partial charge on any atom is -0.394 e. The molecule has 1 heterocycles. The number of carbonyl (C=O) groups is 1. The standard InChI is InChI=1S/C14H20N2O2/c1-10-4-6-11(7-5-10)13(15)14(18)16-8-2-3-12(16)9-17/h4-7,12-13,17H,2-3,8-9,15H2,1H3/t12-,13?/m1/s1. The summed E-state index contributed by atoms with van der Waals surface area (Å²) in [6.07, 6.45) is 1.81. The van der Waals surface area contributed by atoms with E-state index in [0.29, 0.717) is 6.54 Å². The van der Waals surface area contributed by atoms with Gasteiger partial charge in [-0.2, -0.15) is 0 Å². The number of amides is 1. The average molecular weight is 248 g/mol. The number of rotatable bonds is 3. The Labute approximate surface area is 107 Å². The molecule has 4 nitrogen and oxygen atoms in total. The maximum atomic E-state index is 12.3. The molecule has 1 amide bonds. The van der Waals surface area contributed by atoms with Crippen molar-refractivity contribution in [2.24, 2.45) is 5.73 Å². The third kappa shape index (κ3) is 2.54. The Kier molecular flexibility index (Phi) is 3.99. The molecule has 1 aromatic rings. The van der Waals surface area contributed by atoms with Crippen LogP contribution in [0.3, 0.4) is 0 Å². The maximum absolute atomic E-state index is 12.3. The zero-order chi connectivity index (χ0) is 13.1. The summed E-state index contributed by atoms with van der Waals surface area (Å²) in [6.45, 7) is 2.72. The number of hydrogen-bond donors (Lipinski definition) is 2. The predicted octanol–water partition coefficient (Wildman–Crippen LogP) is 0.978. The van der Waals surface area contributed by atoms with Gasteiger partial charge in [-0.25, -0.2) is 0 Å². The van der Waals surface area contributed by atoms with E-state index < -0.39 is 6.04 Å². The van der Waals surface area contributed by atoms with E-state index in [-0.39, 0.29) is 18.6 Å². The molecule has 1 aromatic carbocycles. The van der Waals surface area contributed by atoms with Crippen LogP contribution in [0, 0.1) is 6.92 Å². The summed E-state index contributed by atoms with van der Waals surface area (Å²) in [4.78, 5) is 14.0. The number of nitrogens with zero attached hydrogens (tertiary/aromatic N) is 1. The average Bonchev–Trinajstić information content (AvgIpc) is 2.86. The van der Waals surface area contributed by atoms with Crippen molar-refractivity contribution in [2.75, 3.05) is 13.2 Å². The molecule has 2 atom stereocenters. The Hall–Kier alpha value is -1.39. The molecule has 1 saturated heterocycles. The largest absolute Gasteiger partial charge is 0.394 e. The summed E-state index contributed by atoms with van der Waals surface area (Å²) in [5.74, 6) is -0.0876. The van der Waals surface area contributed by atoms with Gasteiger partial charge in [0, 0.05) is 6.54 Å². The van der Waals surface area contributed by atoms with Gasteiger partial charge in [-0.3, -0.25) is 4.79 Å². The fraction of sp³-hybridized carbons (Fsp3) is 0.500. The molecule has 1 fully saturated rings. The van der Waals surface area contributed by atoms with Gasteiger partial charge in [-0.05, 0) is 25.3 Å². The number of likely N-dealkylation sites (tertiary alicyclic amines) is 1. The zero-order valence-corrected chi connectivity index (χ0v) is 10.7. The van der Waals surface area contributed by atoms with Crippen molar-refractivity contribution in [1.29, 1.82) is 0 Å². The molecular weight excluding hydrogens is 228 g/mol. The highest BCUT2D eigenvalue weighted by Gasteiger charge is 2.31. The van der Waals surface area contributed by atoms with Crippen LogP contribution < -0.4 is 5.73 Å². The van der Waals surface area contributed by atoms with Gasteiger partial charge in [0.15, 0.2) is 0 Å². The Balaban J connectivity index is 2.11. The van der Waals surface area contributed by atoms with Gasteiger partial charge in [0.05, 0.1) is 12.6 Å². The quantitative estimate of drug-likeness (QED) is 0.838. The SMILES string of the molecule is Cc1ccc(C(N)C(=O)N2CCC[C@@H]2CO)cc1. The molecular formula is C14H20N2O2. The molecule has 0 radical (unpaired) electrons. The molecule has 0 saturated carbocycles. The second-order valence-electron chi connectivity index (χ2n) is 4.90. The lowest BCUT2D eigenvalue weighted by atomic mass is 10.0. The number of aliphatic hydroxyl groups is 1. The number of aryl methyl sites for hydroxylation is 1. The second kappa shape index (κ2) is 5.50. The zero-order valence-electron chi connectivity index (χ0n) is 10.7. The maximum Gasteiger partial charge on any atom is 0.244 e. The molecule has 98 valence electrons. The van der Waals surface area contributed by atoms with E-state index in [4.69, 9.17) is 5.73 Å². The fourth-order valence-electron chi connectivity index (χ4n) is 2.41. The van der Waals surface area contributed by atoms with E-state index in [1.807, 2.05) is 31.2 Å². The minimum atomic E-state index is -0.627. The fourth-order valence-corrected chi connectivity index (χ4v) is 2.41. The minimum absolute atomic E-state index is 0.0202. The number of aliphatic hydroxyl groups excluding tert-OH is 1. The van der Waals surface area contributed by atoms with Gasteiger partial charge in [0.25, 0.3) is 0 Å². The lowest BCUT2D eigenvalue weighted by molar-refractivity contribution is -0.134. The summed E-state index contributed by atoms with van der Waals surface area (Å²) in [5.41, 5.74) is 7.99. The summed E-state index contributed by atoms with van der Waals surface area (Å²) in [6, 6.07) is 7.00. The van der Waals surface area contributed by atoms with E-state index in [1.165, 1.54) is 0 Å². The van der Waals surface area contributed by atoms with Crippen molar-refractivity contribution in [3.05, 3.63) is 35.4 Å². The lowest BCUT2D eigenvalue weighted by Gasteiger charge is -2.26. The molecule has 1 aliphatic rings. The van der Waals surface area contributed by atoms with E-state index in [0.717, 1.165) is 24.0 Å². The molecule has 0 aliphatic carbocycles. The topological polar surface area (TPSA) is 66.6 Å². The van der Waals surface area contributed by atoms with Crippen LogP contribution in [0.5, 0.6) is 0 Å². The second-order valence-corrected chi connectivity index (χ2v) is 4.90. The summed E-state index contributed by atoms with van der Waals surface area (Å²) >= 11 is 0. The first-order chi connectivity index (χ1) is 8.63. The first-order valence-electron chi connectivity index (χ1n) is 6.37. The normalized spacial score (nSPS) is 21.1. The van der Waals surface area contributed by atoms with Crippen molar-refractivity contribution in [3.63, 3.8) is 0 Å². The monoisotopic (exact) mass is 248 g/mol. The van der Waals surface area contributed by atoms with E-state index in [1.54, 1.807) is 4.90 Å². The third-order valence-electron chi connectivity index (χ3n) is 3.57. The number of nitrogens with two attached hydrogens (primary N) is 1. The Bertz CT molecular complexity index is 416. The summed E-state index contributed by atoms with van der Waals surface area (Å²) in [7, 11) is 0. The van der Waals surface area contributed by atoms with Crippen LogP contribution >= 0.6 is 0 Å². The molecule has 0 bridgehead atoms. The number of carbonyl (C=O) groups excluding carboxylic acids is 1. The highest BCUT2D eigenvalue weighted by atomic mass is 16.3. The van der Waals surface area contributed by atoms with Crippen LogP contribution in [0.25, 0.3) is 0 Å². The van der Waals surface area contributed by atoms with Crippen molar-refractivity contribution in [2.45, 2.75) is 31.8 Å². The van der Waals surface area contributed by atoms with E-state index >= 15 is 0 Å². The summed E-state index contributed by atoms with van der Waals surface area (Å²) < 4.78 is 0. The first kappa shape index (κ1) is 13.1. The van der Waals surface area contributed by atoms with Crippen LogP contribution in [0.15, 0.2) is 24.3 Å². The van der Waals surface area contributed by atoms with Gasteiger partial charge < -0.3 is 15.7 Å². The van der Waals surface area contributed by atoms with Gasteiger partial charge in [0.2, 0.25) is 5.91 Å². The van der Waals surface area contributed by atoms with Crippen molar-refractivity contribution in [1.82, 2.24) is 4.90 Å². The molecule has 2 rings (SSSR count). The van der Waals surface area contributed by atoms with Crippen LogP contribution in [-0.4, -0.2) is 35.1 Å². The van der Waals surface area contributed by atoms with Crippen LogP contribution in [0.4, 0.5) is 0 Å². The van der Waals surface area contributed by atoms with Gasteiger partial charge in [-0.15, -0.1) is 0 Å². The molecule has 18 heavy (non-hydrogen) atoms. The summed E-state index contributed by atoms with van der Waals surface area (Å²) in [5, 5.41) is 9.24. The lowest BCUT2D eigenvalue weighted by Crippen LogP contribution is -2.42. The molecule has 1 unspecified atom stereocenters. The third-order valence-corrected chi connectivity index (χ3v) is 3.57. The molecule has 1 aliphatic heterocycles. The highest BCUT2D eigenvalue weighted by Crippen LogP contribution is 2.22. The molecule has 3 N–H and O–H groups in total. The van der Waals surface area contributed by atoms with Crippen LogP contribution in [0.1, 0.15) is 30.0 Å². The Morgan fingerprint density at radius 2 is 2.17 bits per heavy atom. The first-order valence-corrected chi connectivity index (χ1v) is 6.37. The van der Waals surface area contributed by atoms with Gasteiger partial charge in [0.1, 0.15) is 6.04 Å². The molecule has 0 aromatic heterocycles. The number of hydrogen-bond acceptors (Lipinski definition) is 3. The van der Waals surface area contributed by atoms with Gasteiger partial charge in [-0.1, -0.05) is 29.8 Å². The van der Waals surface area contributed by atoms with Gasteiger partial charge >= 0.3 is 0 Å². The molecule has 0 spiro atoms. The van der Waals surface area contributed by atoms with Crippen molar-refractivity contribution < 1.29 is 9.90 Å².